The van der Waals surface area contributed by atoms with Gasteiger partial charge in [0.15, 0.2) is 0 Å². The molecule has 2 rings (SSSR count). The number of hydrogen-bond donors (Lipinski definition) is 2. The maximum absolute atomic E-state index is 5.87. The Bertz CT molecular complexity index is 457. The van der Waals surface area contributed by atoms with Crippen LogP contribution in [0.15, 0.2) is 24.4 Å². The Balaban J connectivity index is 2.55. The van der Waals surface area contributed by atoms with E-state index in [2.05, 4.69) is 9.97 Å². The number of aromatic nitrogens is 2. The Morgan fingerprint density at radius 3 is 2.71 bits per heavy atom. The largest absolute Gasteiger partial charge is 0.398 e. The lowest BCUT2D eigenvalue weighted by Crippen LogP contribution is -1.92. The second-order valence-electron chi connectivity index (χ2n) is 3.51. The number of rotatable bonds is 1. The van der Waals surface area contributed by atoms with Gasteiger partial charge in [0.25, 0.3) is 0 Å². The molecule has 0 aliphatic heterocycles. The van der Waals surface area contributed by atoms with Crippen LogP contribution in [0.25, 0.3) is 11.4 Å². The molecule has 2 aromatic rings. The number of nitrogens with one attached hydrogen (secondary N) is 1. The Hall–Kier alpha value is -1.77. The fourth-order valence-corrected chi connectivity index (χ4v) is 1.42. The van der Waals surface area contributed by atoms with Gasteiger partial charge in [0.1, 0.15) is 5.82 Å². The number of anilines is 1. The third-order valence-corrected chi connectivity index (χ3v) is 2.17. The highest BCUT2D eigenvalue weighted by atomic mass is 14.9. The van der Waals surface area contributed by atoms with Crippen LogP contribution in [0.3, 0.4) is 0 Å². The van der Waals surface area contributed by atoms with Gasteiger partial charge in [-0.1, -0.05) is 11.6 Å². The summed E-state index contributed by atoms with van der Waals surface area (Å²) in [6.07, 6.45) is 1.80. The van der Waals surface area contributed by atoms with Crippen molar-refractivity contribution in [1.82, 2.24) is 9.97 Å². The molecule has 1 heterocycles. The van der Waals surface area contributed by atoms with E-state index in [-0.39, 0.29) is 0 Å². The van der Waals surface area contributed by atoms with E-state index in [9.17, 15) is 0 Å². The minimum absolute atomic E-state index is 0.755. The average molecular weight is 187 g/mol. The molecule has 0 amide bonds. The van der Waals surface area contributed by atoms with Crippen molar-refractivity contribution >= 4 is 5.69 Å². The Morgan fingerprint density at radius 1 is 1.29 bits per heavy atom. The molecule has 0 saturated heterocycles. The number of hydrogen-bond acceptors (Lipinski definition) is 2. The van der Waals surface area contributed by atoms with Crippen LogP contribution >= 0.6 is 0 Å². The van der Waals surface area contributed by atoms with Crippen molar-refractivity contribution in [3.63, 3.8) is 0 Å². The van der Waals surface area contributed by atoms with Gasteiger partial charge >= 0.3 is 0 Å². The number of aryl methyl sites for hydroxylation is 2. The van der Waals surface area contributed by atoms with Crippen molar-refractivity contribution in [2.24, 2.45) is 0 Å². The number of benzene rings is 1. The zero-order valence-electron chi connectivity index (χ0n) is 8.33. The SMILES string of the molecule is Cc1ccc(N)c(-c2ncc(C)[nH]2)c1. The lowest BCUT2D eigenvalue weighted by Gasteiger charge is -2.03. The average Bonchev–Trinajstić information content (AvgIpc) is 2.56. The van der Waals surface area contributed by atoms with E-state index < -0.39 is 0 Å². The molecule has 0 radical (unpaired) electrons. The first-order valence-electron chi connectivity index (χ1n) is 4.55. The second-order valence-corrected chi connectivity index (χ2v) is 3.51. The van der Waals surface area contributed by atoms with E-state index in [1.807, 2.05) is 32.0 Å². The molecule has 14 heavy (non-hydrogen) atoms. The van der Waals surface area contributed by atoms with Crippen molar-refractivity contribution < 1.29 is 0 Å². The van der Waals surface area contributed by atoms with E-state index in [4.69, 9.17) is 5.73 Å². The summed E-state index contributed by atoms with van der Waals surface area (Å²) in [5.74, 6) is 0.837. The first kappa shape index (κ1) is 8.81. The summed E-state index contributed by atoms with van der Waals surface area (Å²) in [5.41, 5.74) is 9.82. The monoisotopic (exact) mass is 187 g/mol. The lowest BCUT2D eigenvalue weighted by atomic mass is 10.1. The summed E-state index contributed by atoms with van der Waals surface area (Å²) in [7, 11) is 0. The van der Waals surface area contributed by atoms with Crippen molar-refractivity contribution in [2.75, 3.05) is 5.73 Å². The highest BCUT2D eigenvalue weighted by Gasteiger charge is 2.05. The van der Waals surface area contributed by atoms with Gasteiger partial charge in [0.2, 0.25) is 0 Å². The van der Waals surface area contributed by atoms with Gasteiger partial charge in [-0.25, -0.2) is 4.98 Å². The molecule has 1 aromatic heterocycles. The van der Waals surface area contributed by atoms with E-state index in [0.717, 1.165) is 22.8 Å². The van der Waals surface area contributed by atoms with Crippen LogP contribution in [0.4, 0.5) is 5.69 Å². The number of nitrogens with two attached hydrogens (primary N) is 1. The summed E-state index contributed by atoms with van der Waals surface area (Å²) in [6.45, 7) is 4.02. The number of H-pyrrole nitrogens is 1. The van der Waals surface area contributed by atoms with Crippen molar-refractivity contribution in [1.29, 1.82) is 0 Å². The number of imidazole rings is 1. The van der Waals surface area contributed by atoms with Gasteiger partial charge in [-0.15, -0.1) is 0 Å². The molecule has 0 saturated carbocycles. The summed E-state index contributed by atoms with van der Waals surface area (Å²) >= 11 is 0. The van der Waals surface area contributed by atoms with Gasteiger partial charge in [-0.05, 0) is 26.0 Å². The molecule has 0 unspecified atom stereocenters. The van der Waals surface area contributed by atoms with E-state index in [1.165, 1.54) is 5.56 Å². The minimum Gasteiger partial charge on any atom is -0.398 e. The molecule has 0 aliphatic carbocycles. The molecule has 0 aliphatic rings. The lowest BCUT2D eigenvalue weighted by molar-refractivity contribution is 1.25. The molecule has 72 valence electrons. The molecule has 1 aromatic carbocycles. The van der Waals surface area contributed by atoms with E-state index in [1.54, 1.807) is 6.20 Å². The molecule has 0 spiro atoms. The van der Waals surface area contributed by atoms with Crippen LogP contribution in [-0.4, -0.2) is 9.97 Å². The molecule has 0 atom stereocenters. The normalized spacial score (nSPS) is 10.4. The summed E-state index contributed by atoms with van der Waals surface area (Å²) in [5, 5.41) is 0. The first-order chi connectivity index (χ1) is 6.66. The van der Waals surface area contributed by atoms with Crippen LogP contribution in [0.2, 0.25) is 0 Å². The van der Waals surface area contributed by atoms with Gasteiger partial charge in [-0.2, -0.15) is 0 Å². The van der Waals surface area contributed by atoms with Crippen molar-refractivity contribution in [2.45, 2.75) is 13.8 Å². The molecule has 0 fully saturated rings. The molecule has 3 heteroatoms. The zero-order chi connectivity index (χ0) is 10.1. The molecular formula is C11H13N3. The first-order valence-corrected chi connectivity index (χ1v) is 4.55. The van der Waals surface area contributed by atoms with E-state index >= 15 is 0 Å². The topological polar surface area (TPSA) is 54.7 Å². The third-order valence-electron chi connectivity index (χ3n) is 2.17. The van der Waals surface area contributed by atoms with Crippen LogP contribution in [0, 0.1) is 13.8 Å². The fraction of sp³-hybridized carbons (Fsp3) is 0.182. The van der Waals surface area contributed by atoms with Crippen molar-refractivity contribution in [3.05, 3.63) is 35.7 Å². The second kappa shape index (κ2) is 3.18. The van der Waals surface area contributed by atoms with Crippen LogP contribution in [-0.2, 0) is 0 Å². The maximum Gasteiger partial charge on any atom is 0.139 e. The predicted molar refractivity (Wildman–Crippen MR) is 57.9 cm³/mol. The highest BCUT2D eigenvalue weighted by molar-refractivity contribution is 5.72. The number of aromatic amines is 1. The smallest absolute Gasteiger partial charge is 0.139 e. The van der Waals surface area contributed by atoms with Gasteiger partial charge in [-0.3, -0.25) is 0 Å². The van der Waals surface area contributed by atoms with Gasteiger partial charge in [0.05, 0.1) is 0 Å². The van der Waals surface area contributed by atoms with Gasteiger partial charge in [0, 0.05) is 23.1 Å². The molecular weight excluding hydrogens is 174 g/mol. The highest BCUT2D eigenvalue weighted by Crippen LogP contribution is 2.23. The minimum atomic E-state index is 0.755. The van der Waals surface area contributed by atoms with Gasteiger partial charge < -0.3 is 10.7 Å². The van der Waals surface area contributed by atoms with Crippen LogP contribution in [0.5, 0.6) is 0 Å². The Kier molecular flexibility index (Phi) is 2.00. The molecule has 3 N–H and O–H groups in total. The predicted octanol–water partition coefficient (Wildman–Crippen LogP) is 2.28. The number of nitrogen functional groups attached to an aromatic ring is 1. The summed E-state index contributed by atoms with van der Waals surface area (Å²) in [6, 6.07) is 5.94. The quantitative estimate of drug-likeness (QED) is 0.673. The zero-order valence-corrected chi connectivity index (χ0v) is 8.33. The van der Waals surface area contributed by atoms with Crippen molar-refractivity contribution in [3.8, 4) is 11.4 Å². The third kappa shape index (κ3) is 1.48. The number of nitrogens with zero attached hydrogens (tertiary/aromatic N) is 1. The van der Waals surface area contributed by atoms with Crippen LogP contribution in [0.1, 0.15) is 11.3 Å². The van der Waals surface area contributed by atoms with E-state index in [0.29, 0.717) is 0 Å². The summed E-state index contributed by atoms with van der Waals surface area (Å²) in [4.78, 5) is 7.42. The Labute approximate surface area is 83.0 Å². The molecule has 0 bridgehead atoms. The summed E-state index contributed by atoms with van der Waals surface area (Å²) < 4.78 is 0. The Morgan fingerprint density at radius 2 is 2.07 bits per heavy atom. The molecule has 3 nitrogen and oxygen atoms in total. The van der Waals surface area contributed by atoms with Crippen LogP contribution < -0.4 is 5.73 Å². The standard InChI is InChI=1S/C11H13N3/c1-7-3-4-10(12)9(5-7)11-13-6-8(2)14-11/h3-6H,12H2,1-2H3,(H,13,14). The maximum atomic E-state index is 5.87. The fourth-order valence-electron chi connectivity index (χ4n) is 1.42.